The number of likely N-dealkylation sites (tertiary alicyclic amines) is 1. The summed E-state index contributed by atoms with van der Waals surface area (Å²) in [5.41, 5.74) is 1.20. The van der Waals surface area contributed by atoms with Crippen molar-refractivity contribution in [2.75, 3.05) is 25.0 Å². The van der Waals surface area contributed by atoms with E-state index in [9.17, 15) is 18.4 Å². The van der Waals surface area contributed by atoms with Crippen LogP contribution in [0.4, 0.5) is 14.5 Å². The fourth-order valence-corrected chi connectivity index (χ4v) is 4.48. The minimum Gasteiger partial charge on any atom is -0.369 e. The van der Waals surface area contributed by atoms with Gasteiger partial charge in [-0.15, -0.1) is 0 Å². The van der Waals surface area contributed by atoms with E-state index in [2.05, 4.69) is 14.9 Å². The Kier molecular flexibility index (Phi) is 4.84. The van der Waals surface area contributed by atoms with Crippen molar-refractivity contribution in [1.29, 1.82) is 0 Å². The molecular formula is C24H20F2N4O2. The van der Waals surface area contributed by atoms with E-state index in [1.807, 2.05) is 31.3 Å². The zero-order valence-electron chi connectivity index (χ0n) is 17.3. The van der Waals surface area contributed by atoms with E-state index in [-0.39, 0.29) is 17.2 Å². The minimum absolute atomic E-state index is 0.00346. The van der Waals surface area contributed by atoms with Crippen LogP contribution in [0.2, 0.25) is 0 Å². The van der Waals surface area contributed by atoms with Crippen LogP contribution in [0.3, 0.4) is 0 Å². The lowest BCUT2D eigenvalue weighted by Gasteiger charge is -2.28. The summed E-state index contributed by atoms with van der Waals surface area (Å²) in [5, 5.41) is 2.23. The number of aromatic amines is 1. The van der Waals surface area contributed by atoms with Gasteiger partial charge in [0.25, 0.3) is 11.5 Å². The number of fused-ring (bicyclic) bond motifs is 3. The standard InChI is InChI=1S/C24H20F2N4O2/c1-29(17-7-9-30(13-17)24(32)14-10-15(25)12-16(26)11-14)20-6-8-27-22-21(20)18-4-2-3-5-19(18)23(31)28-22/h2-6,8,10-12,17H,7,9,13H2,1H3,(H,27,28,31). The quantitative estimate of drug-likeness (QED) is 0.499. The number of pyridine rings is 2. The summed E-state index contributed by atoms with van der Waals surface area (Å²) in [7, 11) is 1.94. The predicted molar refractivity (Wildman–Crippen MR) is 119 cm³/mol. The molecule has 6 nitrogen and oxygen atoms in total. The van der Waals surface area contributed by atoms with Crippen LogP contribution >= 0.6 is 0 Å². The van der Waals surface area contributed by atoms with Gasteiger partial charge in [0.1, 0.15) is 17.3 Å². The van der Waals surface area contributed by atoms with E-state index in [4.69, 9.17) is 0 Å². The van der Waals surface area contributed by atoms with Gasteiger partial charge in [-0.25, -0.2) is 13.8 Å². The Labute approximate surface area is 182 Å². The normalized spacial score (nSPS) is 16.1. The summed E-state index contributed by atoms with van der Waals surface area (Å²) in [6, 6.07) is 12.1. The summed E-state index contributed by atoms with van der Waals surface area (Å²) >= 11 is 0. The number of halogens is 2. The van der Waals surface area contributed by atoms with Gasteiger partial charge in [0, 0.05) is 65.9 Å². The fourth-order valence-electron chi connectivity index (χ4n) is 4.48. The average molecular weight is 434 g/mol. The number of amides is 1. The number of hydrogen-bond acceptors (Lipinski definition) is 4. The molecule has 4 aromatic rings. The zero-order chi connectivity index (χ0) is 22.4. The summed E-state index contributed by atoms with van der Waals surface area (Å²) < 4.78 is 27.1. The summed E-state index contributed by atoms with van der Waals surface area (Å²) in [4.78, 5) is 36.1. The van der Waals surface area contributed by atoms with Gasteiger partial charge in [-0.05, 0) is 30.7 Å². The number of carbonyl (C=O) groups is 1. The maximum absolute atomic E-state index is 13.6. The molecule has 162 valence electrons. The smallest absolute Gasteiger partial charge is 0.257 e. The number of nitrogens with zero attached hydrogens (tertiary/aromatic N) is 3. The molecule has 1 amide bonds. The van der Waals surface area contributed by atoms with Crippen molar-refractivity contribution in [2.45, 2.75) is 12.5 Å². The van der Waals surface area contributed by atoms with Crippen molar-refractivity contribution in [3.63, 3.8) is 0 Å². The lowest BCUT2D eigenvalue weighted by Crippen LogP contribution is -2.36. The van der Waals surface area contributed by atoms with Crippen LogP contribution in [-0.4, -0.2) is 47.0 Å². The predicted octanol–water partition coefficient (Wildman–Crippen LogP) is 3.71. The highest BCUT2D eigenvalue weighted by Gasteiger charge is 2.31. The number of likely N-dealkylation sites (N-methyl/N-ethyl adjacent to an activating group) is 1. The Morgan fingerprint density at radius 3 is 2.59 bits per heavy atom. The maximum atomic E-state index is 13.6. The second-order valence-corrected chi connectivity index (χ2v) is 8.02. The van der Waals surface area contributed by atoms with Crippen molar-refractivity contribution in [2.24, 2.45) is 0 Å². The monoisotopic (exact) mass is 434 g/mol. The summed E-state index contributed by atoms with van der Waals surface area (Å²) in [5.74, 6) is -1.94. The van der Waals surface area contributed by atoms with E-state index < -0.39 is 17.5 Å². The molecule has 1 saturated heterocycles. The van der Waals surface area contributed by atoms with Crippen LogP contribution < -0.4 is 10.5 Å². The molecular weight excluding hydrogens is 414 g/mol. The van der Waals surface area contributed by atoms with Crippen LogP contribution in [0.15, 0.2) is 59.5 Å². The molecule has 1 N–H and O–H groups in total. The number of nitrogens with one attached hydrogen (secondary N) is 1. The third kappa shape index (κ3) is 3.37. The molecule has 2 aromatic heterocycles. The highest BCUT2D eigenvalue weighted by molar-refractivity contribution is 6.10. The van der Waals surface area contributed by atoms with E-state index in [1.165, 1.54) is 0 Å². The third-order valence-corrected chi connectivity index (χ3v) is 6.09. The lowest BCUT2D eigenvalue weighted by molar-refractivity contribution is 0.0789. The second kappa shape index (κ2) is 7.71. The maximum Gasteiger partial charge on any atom is 0.257 e. The average Bonchev–Trinajstić information content (AvgIpc) is 3.27. The van der Waals surface area contributed by atoms with E-state index in [0.29, 0.717) is 30.5 Å². The third-order valence-electron chi connectivity index (χ3n) is 6.09. The Bertz CT molecular complexity index is 1400. The molecule has 0 saturated carbocycles. The molecule has 32 heavy (non-hydrogen) atoms. The number of carbonyl (C=O) groups excluding carboxylic acids is 1. The van der Waals surface area contributed by atoms with E-state index >= 15 is 0 Å². The van der Waals surface area contributed by atoms with E-state index in [1.54, 1.807) is 17.2 Å². The largest absolute Gasteiger partial charge is 0.369 e. The first-order valence-electron chi connectivity index (χ1n) is 10.3. The molecule has 8 heteroatoms. The first kappa shape index (κ1) is 20.1. The van der Waals surface area contributed by atoms with Crippen molar-refractivity contribution >= 4 is 33.4 Å². The number of hydrogen-bond donors (Lipinski definition) is 1. The van der Waals surface area contributed by atoms with Crippen LogP contribution in [0.1, 0.15) is 16.8 Å². The molecule has 3 heterocycles. The summed E-state index contributed by atoms with van der Waals surface area (Å²) in [6.07, 6.45) is 2.34. The van der Waals surface area contributed by atoms with Crippen LogP contribution in [0.5, 0.6) is 0 Å². The Hall–Kier alpha value is -3.81. The molecule has 0 radical (unpaired) electrons. The Morgan fingerprint density at radius 2 is 1.84 bits per heavy atom. The van der Waals surface area contributed by atoms with Gasteiger partial charge >= 0.3 is 0 Å². The first-order valence-corrected chi connectivity index (χ1v) is 10.3. The summed E-state index contributed by atoms with van der Waals surface area (Å²) in [6.45, 7) is 0.894. The van der Waals surface area contributed by atoms with Crippen molar-refractivity contribution in [3.8, 4) is 0 Å². The van der Waals surface area contributed by atoms with Gasteiger partial charge in [0.2, 0.25) is 0 Å². The first-order chi connectivity index (χ1) is 15.4. The molecule has 5 rings (SSSR count). The van der Waals surface area contributed by atoms with Crippen molar-refractivity contribution in [1.82, 2.24) is 14.9 Å². The highest BCUT2D eigenvalue weighted by Crippen LogP contribution is 2.32. The van der Waals surface area contributed by atoms with Gasteiger partial charge in [-0.2, -0.15) is 0 Å². The fraction of sp³-hybridized carbons (Fsp3) is 0.208. The van der Waals surface area contributed by atoms with Crippen LogP contribution in [0, 0.1) is 11.6 Å². The molecule has 0 bridgehead atoms. The molecule has 1 aliphatic heterocycles. The molecule has 0 aliphatic carbocycles. The molecule has 2 aromatic carbocycles. The molecule has 1 fully saturated rings. The second-order valence-electron chi connectivity index (χ2n) is 8.02. The Morgan fingerprint density at radius 1 is 1.12 bits per heavy atom. The molecule has 0 spiro atoms. The number of aromatic nitrogens is 2. The van der Waals surface area contributed by atoms with Crippen LogP contribution in [0.25, 0.3) is 21.8 Å². The number of rotatable bonds is 3. The lowest BCUT2D eigenvalue weighted by atomic mass is 10.1. The number of anilines is 1. The van der Waals surface area contributed by atoms with E-state index in [0.717, 1.165) is 34.7 Å². The Balaban J connectivity index is 1.48. The van der Waals surface area contributed by atoms with Gasteiger partial charge in [0.05, 0.1) is 0 Å². The topological polar surface area (TPSA) is 69.3 Å². The van der Waals surface area contributed by atoms with Crippen LogP contribution in [-0.2, 0) is 0 Å². The highest BCUT2D eigenvalue weighted by atomic mass is 19.1. The number of H-pyrrole nitrogens is 1. The van der Waals surface area contributed by atoms with Gasteiger partial charge in [-0.3, -0.25) is 9.59 Å². The van der Waals surface area contributed by atoms with Gasteiger partial charge in [-0.1, -0.05) is 18.2 Å². The molecule has 1 atom stereocenters. The minimum atomic E-state index is -0.773. The molecule has 1 unspecified atom stereocenters. The van der Waals surface area contributed by atoms with Crippen molar-refractivity contribution in [3.05, 3.63) is 82.3 Å². The van der Waals surface area contributed by atoms with Gasteiger partial charge < -0.3 is 14.8 Å². The molecule has 1 aliphatic rings. The van der Waals surface area contributed by atoms with Crippen molar-refractivity contribution < 1.29 is 13.6 Å². The zero-order valence-corrected chi connectivity index (χ0v) is 17.3. The number of benzene rings is 2. The SMILES string of the molecule is CN(c1ccnc2[nH]c(=O)c3ccccc3c12)C1CCN(C(=O)c2cc(F)cc(F)c2)C1. The van der Waals surface area contributed by atoms with Gasteiger partial charge in [0.15, 0.2) is 0 Å².